The second-order valence-electron chi connectivity index (χ2n) is 5.24. The lowest BCUT2D eigenvalue weighted by Crippen LogP contribution is -2.40. The summed E-state index contributed by atoms with van der Waals surface area (Å²) < 4.78 is 0.849. The highest BCUT2D eigenvalue weighted by molar-refractivity contribution is 7.21. The normalized spacial score (nSPS) is 11.0. The first-order valence-electron chi connectivity index (χ1n) is 6.60. The van der Waals surface area contributed by atoms with Gasteiger partial charge in [-0.1, -0.05) is 13.8 Å². The Morgan fingerprint density at radius 3 is 2.71 bits per heavy atom. The highest BCUT2D eigenvalue weighted by Gasteiger charge is 2.24. The van der Waals surface area contributed by atoms with Gasteiger partial charge in [0.2, 0.25) is 5.91 Å². The minimum absolute atomic E-state index is 0.113. The number of nitrogens with two attached hydrogens (primary N) is 2. The van der Waals surface area contributed by atoms with Crippen LogP contribution >= 0.6 is 11.3 Å². The lowest BCUT2D eigenvalue weighted by molar-refractivity contribution is -0.118. The Hall–Kier alpha value is -2.15. The Morgan fingerprint density at radius 2 is 2.14 bits per heavy atom. The number of amides is 2. The molecule has 6 nitrogen and oxygen atoms in total. The van der Waals surface area contributed by atoms with Crippen molar-refractivity contribution in [1.82, 2.24) is 9.88 Å². The van der Waals surface area contributed by atoms with Crippen LogP contribution in [-0.4, -0.2) is 34.8 Å². The Balaban J connectivity index is 2.38. The first-order chi connectivity index (χ1) is 9.90. The number of carbonyl (C=O) groups is 2. The number of rotatable bonds is 5. The molecule has 0 aromatic carbocycles. The highest BCUT2D eigenvalue weighted by Crippen LogP contribution is 2.32. The van der Waals surface area contributed by atoms with Gasteiger partial charge in [-0.2, -0.15) is 0 Å². The number of fused-ring (bicyclic) bond motifs is 1. The summed E-state index contributed by atoms with van der Waals surface area (Å²) in [5.74, 6) is -0.591. The molecule has 2 amide bonds. The third-order valence-electron chi connectivity index (χ3n) is 2.90. The molecule has 0 unspecified atom stereocenters. The molecule has 2 aromatic heterocycles. The van der Waals surface area contributed by atoms with Gasteiger partial charge in [-0.05, 0) is 18.1 Å². The largest absolute Gasteiger partial charge is 0.396 e. The molecular formula is C14H18N4O2S. The highest BCUT2D eigenvalue weighted by atomic mass is 32.1. The van der Waals surface area contributed by atoms with Crippen LogP contribution in [0.15, 0.2) is 18.3 Å². The number of nitrogen functional groups attached to an aromatic ring is 1. The molecule has 0 saturated heterocycles. The quantitative estimate of drug-likeness (QED) is 0.873. The Labute approximate surface area is 126 Å². The number of pyridine rings is 1. The number of carbonyl (C=O) groups excluding carboxylic acids is 2. The second kappa shape index (κ2) is 6.09. The van der Waals surface area contributed by atoms with Crippen LogP contribution in [0.2, 0.25) is 0 Å². The molecule has 7 heteroatoms. The van der Waals surface area contributed by atoms with Crippen molar-refractivity contribution in [1.29, 1.82) is 0 Å². The maximum absolute atomic E-state index is 12.6. The van der Waals surface area contributed by atoms with Crippen molar-refractivity contribution >= 4 is 39.1 Å². The minimum atomic E-state index is -0.540. The summed E-state index contributed by atoms with van der Waals surface area (Å²) >= 11 is 1.28. The molecule has 0 spiro atoms. The van der Waals surface area contributed by atoms with Crippen LogP contribution in [0.1, 0.15) is 23.5 Å². The van der Waals surface area contributed by atoms with Gasteiger partial charge in [0.05, 0.1) is 16.9 Å². The molecule has 0 aliphatic carbocycles. The number of primary amides is 1. The Morgan fingerprint density at radius 1 is 1.43 bits per heavy atom. The van der Waals surface area contributed by atoms with E-state index >= 15 is 0 Å². The standard InChI is InChI=1S/C14H18N4O2S/c1-8(2)6-18(7-10(15)19)14(20)13-11(16)12-9(21-13)4-3-5-17-12/h3-5,8H,6-7,16H2,1-2H3,(H2,15,19). The molecule has 4 N–H and O–H groups in total. The molecular weight excluding hydrogens is 288 g/mol. The van der Waals surface area contributed by atoms with Gasteiger partial charge < -0.3 is 16.4 Å². The van der Waals surface area contributed by atoms with Crippen LogP contribution in [0, 0.1) is 5.92 Å². The smallest absolute Gasteiger partial charge is 0.266 e. The summed E-state index contributed by atoms with van der Waals surface area (Å²) in [5.41, 5.74) is 12.2. The fourth-order valence-electron chi connectivity index (χ4n) is 2.10. The van der Waals surface area contributed by atoms with E-state index in [1.54, 1.807) is 12.3 Å². The van der Waals surface area contributed by atoms with E-state index in [1.807, 2.05) is 19.9 Å². The number of thiophene rings is 1. The Bertz CT molecular complexity index is 681. The van der Waals surface area contributed by atoms with Crippen molar-refractivity contribution in [2.75, 3.05) is 18.8 Å². The molecule has 0 fully saturated rings. The summed E-state index contributed by atoms with van der Waals surface area (Å²) in [6.07, 6.45) is 1.63. The molecule has 0 saturated carbocycles. The summed E-state index contributed by atoms with van der Waals surface area (Å²) in [5, 5.41) is 0. The van der Waals surface area contributed by atoms with Crippen LogP contribution in [0.3, 0.4) is 0 Å². The van der Waals surface area contributed by atoms with Crippen molar-refractivity contribution in [3.8, 4) is 0 Å². The van der Waals surface area contributed by atoms with E-state index < -0.39 is 5.91 Å². The fraction of sp³-hybridized carbons (Fsp3) is 0.357. The van der Waals surface area contributed by atoms with Gasteiger partial charge in [-0.15, -0.1) is 11.3 Å². The molecule has 21 heavy (non-hydrogen) atoms. The molecule has 0 aliphatic heterocycles. The van der Waals surface area contributed by atoms with Gasteiger partial charge in [-0.25, -0.2) is 0 Å². The van der Waals surface area contributed by atoms with E-state index in [-0.39, 0.29) is 18.4 Å². The summed E-state index contributed by atoms with van der Waals surface area (Å²) in [4.78, 5) is 29.8. The second-order valence-corrected chi connectivity index (χ2v) is 6.29. The molecule has 112 valence electrons. The van der Waals surface area contributed by atoms with E-state index in [0.29, 0.717) is 22.6 Å². The Kier molecular flexibility index (Phi) is 4.42. The van der Waals surface area contributed by atoms with E-state index in [9.17, 15) is 9.59 Å². The van der Waals surface area contributed by atoms with Gasteiger partial charge in [-0.3, -0.25) is 14.6 Å². The summed E-state index contributed by atoms with van der Waals surface area (Å²) in [6, 6.07) is 3.66. The van der Waals surface area contributed by atoms with Gasteiger partial charge in [0.15, 0.2) is 0 Å². The number of hydrogen-bond acceptors (Lipinski definition) is 5. The van der Waals surface area contributed by atoms with Crippen molar-refractivity contribution < 1.29 is 9.59 Å². The zero-order chi connectivity index (χ0) is 15.6. The van der Waals surface area contributed by atoms with Gasteiger partial charge in [0.1, 0.15) is 10.4 Å². The van der Waals surface area contributed by atoms with E-state index in [0.717, 1.165) is 4.70 Å². The zero-order valence-electron chi connectivity index (χ0n) is 12.0. The van der Waals surface area contributed by atoms with Gasteiger partial charge in [0.25, 0.3) is 5.91 Å². The maximum atomic E-state index is 12.6. The number of nitrogens with zero attached hydrogens (tertiary/aromatic N) is 2. The topological polar surface area (TPSA) is 102 Å². The monoisotopic (exact) mass is 306 g/mol. The van der Waals surface area contributed by atoms with Crippen LogP contribution < -0.4 is 11.5 Å². The molecule has 0 radical (unpaired) electrons. The van der Waals surface area contributed by atoms with E-state index in [2.05, 4.69) is 4.98 Å². The van der Waals surface area contributed by atoms with E-state index in [4.69, 9.17) is 11.5 Å². The minimum Gasteiger partial charge on any atom is -0.396 e. The lowest BCUT2D eigenvalue weighted by atomic mass is 10.2. The molecule has 0 bridgehead atoms. The third kappa shape index (κ3) is 3.30. The first kappa shape index (κ1) is 15.2. The molecule has 2 rings (SSSR count). The van der Waals surface area contributed by atoms with Gasteiger partial charge in [0, 0.05) is 12.7 Å². The molecule has 0 atom stereocenters. The molecule has 2 heterocycles. The lowest BCUT2D eigenvalue weighted by Gasteiger charge is -2.22. The van der Waals surface area contributed by atoms with Crippen LogP contribution in [0.25, 0.3) is 10.2 Å². The van der Waals surface area contributed by atoms with Crippen molar-refractivity contribution in [3.63, 3.8) is 0 Å². The number of aromatic nitrogens is 1. The average Bonchev–Trinajstić information content (AvgIpc) is 2.74. The van der Waals surface area contributed by atoms with Crippen molar-refractivity contribution in [2.24, 2.45) is 11.7 Å². The van der Waals surface area contributed by atoms with Gasteiger partial charge >= 0.3 is 0 Å². The first-order valence-corrected chi connectivity index (χ1v) is 7.42. The summed E-state index contributed by atoms with van der Waals surface area (Å²) in [7, 11) is 0. The van der Waals surface area contributed by atoms with Crippen molar-refractivity contribution in [2.45, 2.75) is 13.8 Å². The average molecular weight is 306 g/mol. The zero-order valence-corrected chi connectivity index (χ0v) is 12.8. The predicted octanol–water partition coefficient (Wildman–Crippen LogP) is 1.46. The summed E-state index contributed by atoms with van der Waals surface area (Å²) in [6.45, 7) is 4.27. The molecule has 0 aliphatic rings. The fourth-order valence-corrected chi connectivity index (χ4v) is 3.15. The van der Waals surface area contributed by atoms with Crippen LogP contribution in [-0.2, 0) is 4.79 Å². The number of hydrogen-bond donors (Lipinski definition) is 2. The SMILES string of the molecule is CC(C)CN(CC(N)=O)C(=O)c1sc2cccnc2c1N. The van der Waals surface area contributed by atoms with Crippen LogP contribution in [0.5, 0.6) is 0 Å². The predicted molar refractivity (Wildman–Crippen MR) is 84.0 cm³/mol. The van der Waals surface area contributed by atoms with E-state index in [1.165, 1.54) is 16.2 Å². The maximum Gasteiger partial charge on any atom is 0.266 e. The number of anilines is 1. The molecule has 2 aromatic rings. The van der Waals surface area contributed by atoms with Crippen LogP contribution in [0.4, 0.5) is 5.69 Å². The third-order valence-corrected chi connectivity index (χ3v) is 4.04. The van der Waals surface area contributed by atoms with Crippen molar-refractivity contribution in [3.05, 3.63) is 23.2 Å².